The van der Waals surface area contributed by atoms with Crippen LogP contribution in [0.1, 0.15) is 23.9 Å². The molecule has 2 aromatic heterocycles. The van der Waals surface area contributed by atoms with Crippen molar-refractivity contribution in [2.45, 2.75) is 46.2 Å². The number of hydrogen-bond acceptors (Lipinski definition) is 4. The van der Waals surface area contributed by atoms with Gasteiger partial charge >= 0.3 is 6.36 Å². The summed E-state index contributed by atoms with van der Waals surface area (Å²) in [6.07, 6.45) is -2.28. The summed E-state index contributed by atoms with van der Waals surface area (Å²) in [5, 5.41) is 0. The van der Waals surface area contributed by atoms with E-state index in [1.807, 2.05) is 26.0 Å². The maximum Gasteiger partial charge on any atom is 0.573 e. The molecular weight excluding hydrogens is 395 g/mol. The first-order valence-electron chi connectivity index (χ1n) is 9.72. The molecule has 1 aliphatic heterocycles. The minimum Gasteiger partial charge on any atom is -0.406 e. The second-order valence-corrected chi connectivity index (χ2v) is 7.49. The second-order valence-electron chi connectivity index (χ2n) is 7.49. The number of hydrogen-bond donors (Lipinski definition) is 0. The second kappa shape index (κ2) is 7.75. The minimum absolute atomic E-state index is 0.000147. The average Bonchev–Trinajstić information content (AvgIpc) is 2.89. The molecule has 0 fully saturated rings. The molecule has 4 rings (SSSR count). The van der Waals surface area contributed by atoms with Crippen LogP contribution in [0.3, 0.4) is 0 Å². The van der Waals surface area contributed by atoms with Crippen molar-refractivity contribution in [3.05, 3.63) is 53.5 Å². The van der Waals surface area contributed by atoms with Crippen LogP contribution in [0.15, 0.2) is 36.5 Å². The van der Waals surface area contributed by atoms with Gasteiger partial charge in [0.25, 0.3) is 0 Å². The van der Waals surface area contributed by atoms with E-state index >= 15 is 0 Å². The van der Waals surface area contributed by atoms with Gasteiger partial charge in [0.2, 0.25) is 0 Å². The third-order valence-corrected chi connectivity index (χ3v) is 5.08. The molecule has 3 aromatic rings. The standard InChI is InChI=1S/C22H22F3N3O2/c1-13-10-17(4-5-19(13)30-22(23,24)25)21-27-20(16-6-8-26-14(2)11-16)18-7-9-29-15(3)12-28(18)21/h4-6,8,10-11,15H,7,9,12H2,1-3H3/t15-/m1/s1. The Kier molecular flexibility index (Phi) is 5.27. The lowest BCUT2D eigenvalue weighted by atomic mass is 10.1. The predicted molar refractivity (Wildman–Crippen MR) is 106 cm³/mol. The third-order valence-electron chi connectivity index (χ3n) is 5.08. The number of halogens is 3. The van der Waals surface area contributed by atoms with E-state index in [1.54, 1.807) is 25.3 Å². The van der Waals surface area contributed by atoms with Gasteiger partial charge in [0.15, 0.2) is 0 Å². The molecule has 3 heterocycles. The number of ether oxygens (including phenoxy) is 2. The summed E-state index contributed by atoms with van der Waals surface area (Å²) >= 11 is 0. The average molecular weight is 417 g/mol. The molecule has 0 bridgehead atoms. The summed E-state index contributed by atoms with van der Waals surface area (Å²) in [7, 11) is 0. The van der Waals surface area contributed by atoms with Crippen molar-refractivity contribution in [3.8, 4) is 28.4 Å². The van der Waals surface area contributed by atoms with Gasteiger partial charge in [-0.05, 0) is 56.7 Å². The van der Waals surface area contributed by atoms with Crippen LogP contribution in [-0.2, 0) is 17.7 Å². The molecule has 1 aliphatic rings. The van der Waals surface area contributed by atoms with Crippen LogP contribution >= 0.6 is 0 Å². The van der Waals surface area contributed by atoms with Crippen molar-refractivity contribution in [1.29, 1.82) is 0 Å². The van der Waals surface area contributed by atoms with Crippen molar-refractivity contribution in [3.63, 3.8) is 0 Å². The van der Waals surface area contributed by atoms with Crippen LogP contribution in [-0.4, -0.2) is 33.6 Å². The Morgan fingerprint density at radius 2 is 1.93 bits per heavy atom. The minimum atomic E-state index is -4.73. The highest BCUT2D eigenvalue weighted by Gasteiger charge is 2.32. The summed E-state index contributed by atoms with van der Waals surface area (Å²) < 4.78 is 49.9. The van der Waals surface area contributed by atoms with E-state index in [0.717, 1.165) is 28.2 Å². The molecule has 0 saturated heterocycles. The first-order chi connectivity index (χ1) is 14.2. The normalized spacial score (nSPS) is 16.8. The quantitative estimate of drug-likeness (QED) is 0.596. The third kappa shape index (κ3) is 4.18. The van der Waals surface area contributed by atoms with Crippen LogP contribution in [0.4, 0.5) is 13.2 Å². The highest BCUT2D eigenvalue weighted by atomic mass is 19.4. The smallest absolute Gasteiger partial charge is 0.406 e. The van der Waals surface area contributed by atoms with E-state index in [9.17, 15) is 13.2 Å². The van der Waals surface area contributed by atoms with Gasteiger partial charge < -0.3 is 14.0 Å². The summed E-state index contributed by atoms with van der Waals surface area (Å²) in [5.41, 5.74) is 4.87. The molecular formula is C22H22F3N3O2. The van der Waals surface area contributed by atoms with E-state index < -0.39 is 6.36 Å². The molecule has 30 heavy (non-hydrogen) atoms. The lowest BCUT2D eigenvalue weighted by Gasteiger charge is -2.15. The number of aromatic nitrogens is 3. The topological polar surface area (TPSA) is 49.2 Å². The highest BCUT2D eigenvalue weighted by Crippen LogP contribution is 2.34. The van der Waals surface area contributed by atoms with Gasteiger partial charge in [-0.15, -0.1) is 13.2 Å². The number of rotatable bonds is 3. The van der Waals surface area contributed by atoms with Crippen molar-refractivity contribution in [2.75, 3.05) is 6.61 Å². The van der Waals surface area contributed by atoms with Crippen molar-refractivity contribution < 1.29 is 22.6 Å². The number of pyridine rings is 1. The number of aryl methyl sites for hydroxylation is 2. The fourth-order valence-electron chi connectivity index (χ4n) is 3.78. The zero-order chi connectivity index (χ0) is 21.5. The van der Waals surface area contributed by atoms with Gasteiger partial charge in [-0.25, -0.2) is 4.98 Å². The van der Waals surface area contributed by atoms with Crippen molar-refractivity contribution in [2.24, 2.45) is 0 Å². The Balaban J connectivity index is 1.83. The van der Waals surface area contributed by atoms with Gasteiger partial charge in [0.1, 0.15) is 11.6 Å². The molecule has 0 spiro atoms. The van der Waals surface area contributed by atoms with Crippen LogP contribution < -0.4 is 4.74 Å². The van der Waals surface area contributed by atoms with Crippen LogP contribution in [0, 0.1) is 13.8 Å². The first kappa shape index (κ1) is 20.4. The summed E-state index contributed by atoms with van der Waals surface area (Å²) in [6.45, 7) is 6.71. The van der Waals surface area contributed by atoms with E-state index in [2.05, 4.69) is 14.3 Å². The monoisotopic (exact) mass is 417 g/mol. The van der Waals surface area contributed by atoms with E-state index in [1.165, 1.54) is 6.07 Å². The van der Waals surface area contributed by atoms with E-state index in [4.69, 9.17) is 9.72 Å². The molecule has 158 valence electrons. The number of alkyl halides is 3. The molecule has 0 aliphatic carbocycles. The summed E-state index contributed by atoms with van der Waals surface area (Å²) in [4.78, 5) is 9.17. The maximum absolute atomic E-state index is 12.6. The van der Waals surface area contributed by atoms with E-state index in [0.29, 0.717) is 31.0 Å². The number of nitrogens with zero attached hydrogens (tertiary/aromatic N) is 3. The van der Waals surface area contributed by atoms with Crippen molar-refractivity contribution >= 4 is 0 Å². The Morgan fingerprint density at radius 1 is 1.13 bits per heavy atom. The predicted octanol–water partition coefficient (Wildman–Crippen LogP) is 5.09. The first-order valence-corrected chi connectivity index (χ1v) is 9.72. The molecule has 0 N–H and O–H groups in total. The molecule has 0 amide bonds. The number of benzene rings is 1. The molecule has 0 radical (unpaired) electrons. The fraction of sp³-hybridized carbons (Fsp3) is 0.364. The molecule has 0 saturated carbocycles. The number of imidazole rings is 1. The van der Waals surface area contributed by atoms with Gasteiger partial charge in [-0.2, -0.15) is 0 Å². The van der Waals surface area contributed by atoms with Crippen LogP contribution in [0.5, 0.6) is 5.75 Å². The fourth-order valence-corrected chi connectivity index (χ4v) is 3.78. The lowest BCUT2D eigenvalue weighted by Crippen LogP contribution is -2.18. The highest BCUT2D eigenvalue weighted by molar-refractivity contribution is 5.69. The molecule has 5 nitrogen and oxygen atoms in total. The molecule has 8 heteroatoms. The van der Waals surface area contributed by atoms with Crippen LogP contribution in [0.2, 0.25) is 0 Å². The zero-order valence-corrected chi connectivity index (χ0v) is 17.0. The molecule has 0 unspecified atom stereocenters. The Labute approximate surface area is 172 Å². The van der Waals surface area contributed by atoms with Crippen molar-refractivity contribution in [1.82, 2.24) is 14.5 Å². The van der Waals surface area contributed by atoms with E-state index in [-0.39, 0.29) is 11.9 Å². The Morgan fingerprint density at radius 3 is 2.63 bits per heavy atom. The molecule has 1 aromatic carbocycles. The molecule has 1 atom stereocenters. The summed E-state index contributed by atoms with van der Waals surface area (Å²) in [5.74, 6) is 0.490. The van der Waals surface area contributed by atoms with Gasteiger partial charge in [-0.3, -0.25) is 4.98 Å². The summed E-state index contributed by atoms with van der Waals surface area (Å²) in [6, 6.07) is 8.53. The largest absolute Gasteiger partial charge is 0.573 e. The zero-order valence-electron chi connectivity index (χ0n) is 17.0. The Bertz CT molecular complexity index is 1080. The van der Waals surface area contributed by atoms with Gasteiger partial charge in [0.05, 0.1) is 24.9 Å². The van der Waals surface area contributed by atoms with Gasteiger partial charge in [-0.1, -0.05) is 0 Å². The maximum atomic E-state index is 12.6. The SMILES string of the molecule is Cc1cc(-c2nc(-c3ccc(OC(F)(F)F)c(C)c3)n3c2CCO[C@H](C)C3)ccn1. The lowest BCUT2D eigenvalue weighted by molar-refractivity contribution is -0.274. The Hall–Kier alpha value is -2.87. The number of fused-ring (bicyclic) bond motifs is 1. The van der Waals surface area contributed by atoms with Crippen LogP contribution in [0.25, 0.3) is 22.6 Å². The van der Waals surface area contributed by atoms with Gasteiger partial charge in [0, 0.05) is 35.1 Å².